The number of azo groups is 2. The standard InChI is InChI=1S/C18H13F3N6S/c1-11-9-14(22-2)7-8-15(11)26-24-12-3-5-13(6-4-12)25-27-17-23-16(10-28-17)18(19,20)21/h3-10H,2H2,1H3. The van der Waals surface area contributed by atoms with Crippen molar-refractivity contribution in [3.63, 3.8) is 0 Å². The highest BCUT2D eigenvalue weighted by Crippen LogP contribution is 2.33. The Bertz CT molecular complexity index is 1040. The minimum absolute atomic E-state index is 0.0657. The van der Waals surface area contributed by atoms with Gasteiger partial charge < -0.3 is 0 Å². The Morgan fingerprint density at radius 3 is 2.04 bits per heavy atom. The van der Waals surface area contributed by atoms with Gasteiger partial charge in [-0.05, 0) is 61.7 Å². The average molecular weight is 402 g/mol. The Hall–Kier alpha value is -3.27. The van der Waals surface area contributed by atoms with Gasteiger partial charge >= 0.3 is 6.18 Å². The minimum Gasteiger partial charge on any atom is -0.265 e. The number of aryl methyl sites for hydroxylation is 1. The van der Waals surface area contributed by atoms with Crippen molar-refractivity contribution >= 4 is 45.9 Å². The summed E-state index contributed by atoms with van der Waals surface area (Å²) in [6.45, 7) is 5.37. The van der Waals surface area contributed by atoms with Crippen LogP contribution in [0.1, 0.15) is 11.3 Å². The van der Waals surface area contributed by atoms with E-state index in [2.05, 4.69) is 37.2 Å². The van der Waals surface area contributed by atoms with E-state index in [-0.39, 0.29) is 5.13 Å². The quantitative estimate of drug-likeness (QED) is 0.319. The van der Waals surface area contributed by atoms with Crippen molar-refractivity contribution in [2.24, 2.45) is 25.4 Å². The van der Waals surface area contributed by atoms with Crippen molar-refractivity contribution < 1.29 is 13.2 Å². The van der Waals surface area contributed by atoms with Crippen molar-refractivity contribution in [3.05, 3.63) is 59.1 Å². The van der Waals surface area contributed by atoms with Gasteiger partial charge in [-0.25, -0.2) is 4.98 Å². The lowest BCUT2D eigenvalue weighted by molar-refractivity contribution is -0.140. The first-order valence-corrected chi connectivity index (χ1v) is 8.77. The lowest BCUT2D eigenvalue weighted by atomic mass is 10.2. The van der Waals surface area contributed by atoms with E-state index in [4.69, 9.17) is 0 Å². The van der Waals surface area contributed by atoms with Crippen LogP contribution in [0.4, 0.5) is 41.1 Å². The van der Waals surface area contributed by atoms with Crippen molar-refractivity contribution in [2.75, 3.05) is 0 Å². The molecule has 3 rings (SSSR count). The molecule has 0 aliphatic rings. The normalized spacial score (nSPS) is 12.1. The molecule has 0 saturated heterocycles. The maximum Gasteiger partial charge on any atom is 0.434 e. The molecule has 1 aromatic heterocycles. The number of aliphatic imine (C=N–C) groups is 1. The molecule has 0 bridgehead atoms. The second kappa shape index (κ2) is 8.17. The van der Waals surface area contributed by atoms with Crippen molar-refractivity contribution in [1.29, 1.82) is 0 Å². The van der Waals surface area contributed by atoms with Gasteiger partial charge in [0.25, 0.3) is 0 Å². The van der Waals surface area contributed by atoms with Gasteiger partial charge in [-0.2, -0.15) is 23.4 Å². The third-order valence-corrected chi connectivity index (χ3v) is 4.24. The number of thiazole rings is 1. The van der Waals surface area contributed by atoms with E-state index in [1.165, 1.54) is 0 Å². The van der Waals surface area contributed by atoms with Gasteiger partial charge in [-0.1, -0.05) is 0 Å². The van der Waals surface area contributed by atoms with Crippen LogP contribution in [0.25, 0.3) is 0 Å². The van der Waals surface area contributed by atoms with Gasteiger partial charge in [0.15, 0.2) is 5.69 Å². The number of halogens is 3. The molecule has 0 atom stereocenters. The molecular weight excluding hydrogens is 389 g/mol. The smallest absolute Gasteiger partial charge is 0.265 e. The molecule has 0 N–H and O–H groups in total. The Kier molecular flexibility index (Phi) is 5.69. The van der Waals surface area contributed by atoms with E-state index in [1.54, 1.807) is 36.4 Å². The number of hydrogen-bond donors (Lipinski definition) is 0. The molecule has 142 valence electrons. The topological polar surface area (TPSA) is 74.7 Å². The van der Waals surface area contributed by atoms with E-state index in [0.29, 0.717) is 17.1 Å². The first kappa shape index (κ1) is 19.5. The van der Waals surface area contributed by atoms with Gasteiger partial charge in [0, 0.05) is 5.38 Å². The van der Waals surface area contributed by atoms with E-state index in [1.807, 2.05) is 13.0 Å². The zero-order valence-electron chi connectivity index (χ0n) is 14.6. The van der Waals surface area contributed by atoms with Crippen LogP contribution >= 0.6 is 11.3 Å². The molecule has 10 heteroatoms. The van der Waals surface area contributed by atoms with Gasteiger partial charge in [-0.15, -0.1) is 21.6 Å². The molecule has 0 fully saturated rings. The molecule has 0 radical (unpaired) electrons. The Morgan fingerprint density at radius 2 is 1.50 bits per heavy atom. The van der Waals surface area contributed by atoms with Crippen LogP contribution in [0.2, 0.25) is 0 Å². The van der Waals surface area contributed by atoms with E-state index in [9.17, 15) is 13.2 Å². The molecular formula is C18H13F3N6S. The monoisotopic (exact) mass is 402 g/mol. The molecule has 3 aromatic rings. The van der Waals surface area contributed by atoms with E-state index < -0.39 is 11.9 Å². The molecule has 0 spiro atoms. The molecule has 1 heterocycles. The molecule has 6 nitrogen and oxygen atoms in total. The summed E-state index contributed by atoms with van der Waals surface area (Å²) in [6.07, 6.45) is -4.49. The number of aromatic nitrogens is 1. The predicted octanol–water partition coefficient (Wildman–Crippen LogP) is 7.63. The summed E-state index contributed by atoms with van der Waals surface area (Å²) >= 11 is 0.773. The van der Waals surface area contributed by atoms with Crippen LogP contribution in [-0.4, -0.2) is 11.7 Å². The van der Waals surface area contributed by atoms with E-state index >= 15 is 0 Å². The van der Waals surface area contributed by atoms with Crippen LogP contribution in [0.3, 0.4) is 0 Å². The van der Waals surface area contributed by atoms with Crippen LogP contribution in [0, 0.1) is 6.92 Å². The third kappa shape index (κ3) is 4.92. The maximum absolute atomic E-state index is 12.5. The first-order valence-electron chi connectivity index (χ1n) is 7.89. The molecule has 0 aliphatic heterocycles. The van der Waals surface area contributed by atoms with Crippen molar-refractivity contribution in [3.8, 4) is 0 Å². The largest absolute Gasteiger partial charge is 0.434 e. The summed E-state index contributed by atoms with van der Waals surface area (Å²) in [4.78, 5) is 7.24. The van der Waals surface area contributed by atoms with Gasteiger partial charge in [0.2, 0.25) is 5.13 Å². The number of benzene rings is 2. The minimum atomic E-state index is -4.49. The molecule has 0 saturated carbocycles. The Labute approximate surface area is 162 Å². The van der Waals surface area contributed by atoms with Gasteiger partial charge in [-0.3, -0.25) is 4.99 Å². The summed E-state index contributed by atoms with van der Waals surface area (Å²) in [6, 6.07) is 12.1. The molecule has 28 heavy (non-hydrogen) atoms. The Balaban J connectivity index is 1.68. The second-order valence-corrected chi connectivity index (χ2v) is 6.39. The summed E-state index contributed by atoms with van der Waals surface area (Å²) in [7, 11) is 0. The van der Waals surface area contributed by atoms with Crippen LogP contribution < -0.4 is 0 Å². The van der Waals surface area contributed by atoms with Crippen LogP contribution in [-0.2, 0) is 6.18 Å². The summed E-state index contributed by atoms with van der Waals surface area (Å²) < 4.78 is 37.5. The fraction of sp³-hybridized carbons (Fsp3) is 0.111. The fourth-order valence-electron chi connectivity index (χ4n) is 2.09. The molecule has 0 unspecified atom stereocenters. The predicted molar refractivity (Wildman–Crippen MR) is 102 cm³/mol. The number of nitrogens with zero attached hydrogens (tertiary/aromatic N) is 6. The lowest BCUT2D eigenvalue weighted by Gasteiger charge is -2.00. The zero-order chi connectivity index (χ0) is 20.1. The number of rotatable bonds is 5. The highest BCUT2D eigenvalue weighted by molar-refractivity contribution is 7.13. The second-order valence-electron chi connectivity index (χ2n) is 5.56. The summed E-state index contributed by atoms with van der Waals surface area (Å²) in [5, 5.41) is 16.8. The van der Waals surface area contributed by atoms with Gasteiger partial charge in [0.1, 0.15) is 0 Å². The first-order chi connectivity index (χ1) is 13.3. The molecule has 0 aliphatic carbocycles. The molecule has 0 amide bonds. The van der Waals surface area contributed by atoms with Crippen LogP contribution in [0.15, 0.2) is 73.3 Å². The zero-order valence-corrected chi connectivity index (χ0v) is 15.4. The summed E-state index contributed by atoms with van der Waals surface area (Å²) in [5.74, 6) is 0. The third-order valence-electron chi connectivity index (χ3n) is 3.52. The number of hydrogen-bond acceptors (Lipinski definition) is 7. The Morgan fingerprint density at radius 1 is 0.893 bits per heavy atom. The van der Waals surface area contributed by atoms with Gasteiger partial charge in [0.05, 0.1) is 22.7 Å². The SMILES string of the molecule is C=Nc1ccc(N=Nc2ccc(N=Nc3nc(C(F)(F)F)cs3)cc2)c(C)c1. The molecule has 2 aromatic carbocycles. The average Bonchev–Trinajstić information content (AvgIpc) is 3.16. The summed E-state index contributed by atoms with van der Waals surface area (Å²) in [5.41, 5.74) is 2.46. The number of alkyl halides is 3. The van der Waals surface area contributed by atoms with E-state index in [0.717, 1.165) is 28.0 Å². The fourth-order valence-corrected chi connectivity index (χ4v) is 2.73. The van der Waals surface area contributed by atoms with Crippen molar-refractivity contribution in [1.82, 2.24) is 4.98 Å². The van der Waals surface area contributed by atoms with Crippen LogP contribution in [0.5, 0.6) is 0 Å². The lowest BCUT2D eigenvalue weighted by Crippen LogP contribution is -2.04. The van der Waals surface area contributed by atoms with Crippen molar-refractivity contribution in [2.45, 2.75) is 13.1 Å². The maximum atomic E-state index is 12.5. The highest BCUT2D eigenvalue weighted by atomic mass is 32.1. The highest BCUT2D eigenvalue weighted by Gasteiger charge is 2.33.